The molecule has 9 aliphatic rings. The second-order valence-corrected chi connectivity index (χ2v) is 16.8. The molecule has 0 N–H and O–H groups in total. The highest BCUT2D eigenvalue weighted by Gasteiger charge is 2.95. The maximum Gasteiger partial charge on any atom is 0.339 e. The average molecular weight is 732 g/mol. The molecule has 3 aliphatic heterocycles. The Balaban J connectivity index is 1.10. The van der Waals surface area contributed by atoms with Gasteiger partial charge in [0.05, 0.1) is 26.5 Å². The van der Waals surface area contributed by atoms with E-state index in [9.17, 15) is 34.6 Å². The van der Waals surface area contributed by atoms with E-state index in [4.69, 9.17) is 14.2 Å². The van der Waals surface area contributed by atoms with E-state index in [1.165, 1.54) is 48.5 Å². The number of rotatable bonds is 8. The minimum atomic E-state index is -1.06. The van der Waals surface area contributed by atoms with Crippen LogP contribution in [0, 0.1) is 60.1 Å². The van der Waals surface area contributed by atoms with Crippen molar-refractivity contribution in [3.05, 3.63) is 128 Å². The van der Waals surface area contributed by atoms with Crippen LogP contribution in [0.25, 0.3) is 0 Å². The molecule has 6 saturated carbocycles. The Morgan fingerprint density at radius 2 is 1.39 bits per heavy atom. The molecule has 12 rings (SSSR count). The van der Waals surface area contributed by atoms with Crippen LogP contribution in [0.15, 0.2) is 91.0 Å². The molecule has 54 heavy (non-hydrogen) atoms. The van der Waals surface area contributed by atoms with Crippen LogP contribution in [-0.4, -0.2) is 63.2 Å². The minimum Gasteiger partial charge on any atom is -0.458 e. The molecule has 13 nitrogen and oxygen atoms in total. The molecule has 6 aliphatic carbocycles. The lowest BCUT2D eigenvalue weighted by molar-refractivity contribution is -0.385. The first-order chi connectivity index (χ1) is 25.9. The van der Waals surface area contributed by atoms with Gasteiger partial charge in [0.15, 0.2) is 5.72 Å². The normalized spacial score (nSPS) is 39.6. The molecule has 3 saturated heterocycles. The van der Waals surface area contributed by atoms with Crippen molar-refractivity contribution in [3.8, 4) is 0 Å². The van der Waals surface area contributed by atoms with Gasteiger partial charge < -0.3 is 14.2 Å². The summed E-state index contributed by atoms with van der Waals surface area (Å²) in [5.41, 5.74) is -1.29. The predicted molar refractivity (Wildman–Crippen MR) is 189 cm³/mol. The summed E-state index contributed by atoms with van der Waals surface area (Å²) < 4.78 is 20.0. The molecule has 1 unspecified atom stereocenters. The minimum absolute atomic E-state index is 0.0316. The zero-order valence-electron chi connectivity index (χ0n) is 29.4. The van der Waals surface area contributed by atoms with E-state index in [2.05, 4.69) is 18.4 Å². The van der Waals surface area contributed by atoms with Gasteiger partial charge in [0.25, 0.3) is 11.4 Å². The van der Waals surface area contributed by atoms with Gasteiger partial charge in [0, 0.05) is 71.9 Å². The van der Waals surface area contributed by atoms with Crippen LogP contribution in [0.3, 0.4) is 0 Å². The molecule has 13 heteroatoms. The van der Waals surface area contributed by atoms with Gasteiger partial charge in [0.2, 0.25) is 0 Å². The van der Waals surface area contributed by atoms with E-state index in [-0.39, 0.29) is 57.6 Å². The fraction of sp³-hybridized carbons (Fsp3) is 0.439. The third kappa shape index (κ3) is 3.95. The number of carbonyl (C=O) groups is 3. The summed E-state index contributed by atoms with van der Waals surface area (Å²) in [7, 11) is 0. The van der Waals surface area contributed by atoms with Crippen LogP contribution in [0.5, 0.6) is 0 Å². The Morgan fingerprint density at radius 3 is 2.02 bits per heavy atom. The number of nitro groups is 2. The van der Waals surface area contributed by atoms with Crippen molar-refractivity contribution in [1.82, 2.24) is 4.90 Å². The third-order valence-corrected chi connectivity index (χ3v) is 14.6. The van der Waals surface area contributed by atoms with Crippen molar-refractivity contribution < 1.29 is 38.4 Å². The van der Waals surface area contributed by atoms with Crippen molar-refractivity contribution in [1.29, 1.82) is 0 Å². The summed E-state index contributed by atoms with van der Waals surface area (Å²) in [5.74, 6) is -2.27. The summed E-state index contributed by atoms with van der Waals surface area (Å²) in [6, 6.07) is 19.6. The molecule has 3 aromatic carbocycles. The molecule has 9 bridgehead atoms. The number of piperidine rings is 2. The van der Waals surface area contributed by atoms with Crippen LogP contribution in [-0.2, 0) is 14.2 Å². The smallest absolute Gasteiger partial charge is 0.339 e. The molecule has 9 fully saturated rings. The molecule has 0 radical (unpaired) electrons. The maximum atomic E-state index is 14.2. The second-order valence-electron chi connectivity index (χ2n) is 16.8. The van der Waals surface area contributed by atoms with E-state index >= 15 is 0 Å². The summed E-state index contributed by atoms with van der Waals surface area (Å²) in [6.45, 7) is 7.54. The van der Waals surface area contributed by atoms with E-state index < -0.39 is 56.5 Å². The molecule has 3 aromatic rings. The zero-order chi connectivity index (χ0) is 37.5. The lowest BCUT2D eigenvalue weighted by Gasteiger charge is -2.68. The van der Waals surface area contributed by atoms with Crippen molar-refractivity contribution in [2.75, 3.05) is 6.54 Å². The molecule has 0 amide bonds. The van der Waals surface area contributed by atoms with E-state index in [1.807, 2.05) is 6.07 Å². The standard InChI is InChI=1S/C41H37N3O10/c1-22-28-19-29-32-39-18-6-17-38(2)21-42(32)41(37(38)39,54-36(47)25-11-15-27(16-12-25)44(50)51)20-40(29,33(22)53-35(46)23-7-4-3-5-8-23)31(39)30(28)52-34(45)24-9-13-26(14-10-24)43(48)49/h3-5,7-16,28-33,37H,1,6,17-21H2,2H3/t28-,29-,30+,31+,32+,33-,37-,38+,39+,40-,41+/m1/s1. The number of fused-ring (bicyclic) bond motifs is 1. The van der Waals surface area contributed by atoms with Crippen LogP contribution in [0.4, 0.5) is 11.4 Å². The van der Waals surface area contributed by atoms with Crippen LogP contribution < -0.4 is 0 Å². The lowest BCUT2D eigenvalue weighted by atomic mass is 9.38. The van der Waals surface area contributed by atoms with Crippen molar-refractivity contribution in [2.45, 2.75) is 63.0 Å². The molecule has 276 valence electrons. The molecular weight excluding hydrogens is 694 g/mol. The van der Waals surface area contributed by atoms with Crippen molar-refractivity contribution in [3.63, 3.8) is 0 Å². The Hall–Kier alpha value is -5.43. The predicted octanol–water partition coefficient (Wildman–Crippen LogP) is 6.52. The first kappa shape index (κ1) is 33.2. The van der Waals surface area contributed by atoms with Gasteiger partial charge in [0.1, 0.15) is 12.2 Å². The Morgan fingerprint density at radius 1 is 0.796 bits per heavy atom. The van der Waals surface area contributed by atoms with Gasteiger partial charge in [-0.1, -0.05) is 38.1 Å². The topological polar surface area (TPSA) is 168 Å². The molecular formula is C41H37N3O10. The SMILES string of the molecule is C=C1[C@H]2C[C@@H]3[C@@H]4N5C[C@]6(C)CCC[C@]47[C@H]([C@H]2OC(=O)c2ccc([N+](=O)[O-])cc2)[C@]3(C[C@]5(OC(=O)c2ccc([N+](=O)[O-])cc2)[C@H]67)[C@@H]1OC(=O)c1ccccc1. The highest BCUT2D eigenvalue weighted by molar-refractivity contribution is 5.91. The zero-order valence-corrected chi connectivity index (χ0v) is 29.4. The van der Waals surface area contributed by atoms with Gasteiger partial charge in [-0.2, -0.15) is 0 Å². The fourth-order valence-electron chi connectivity index (χ4n) is 13.6. The van der Waals surface area contributed by atoms with Gasteiger partial charge in [-0.15, -0.1) is 0 Å². The largest absolute Gasteiger partial charge is 0.458 e. The Labute approximate surface area is 309 Å². The van der Waals surface area contributed by atoms with Crippen molar-refractivity contribution in [2.24, 2.45) is 39.9 Å². The Kier molecular flexibility index (Phi) is 6.66. The van der Waals surface area contributed by atoms with Crippen LogP contribution >= 0.6 is 0 Å². The second kappa shape index (κ2) is 10.8. The third-order valence-electron chi connectivity index (χ3n) is 14.6. The van der Waals surface area contributed by atoms with Crippen LogP contribution in [0.1, 0.15) is 70.1 Å². The fourth-order valence-corrected chi connectivity index (χ4v) is 13.6. The summed E-state index contributed by atoms with van der Waals surface area (Å²) in [6.07, 6.45) is 2.34. The summed E-state index contributed by atoms with van der Waals surface area (Å²) in [5, 5.41) is 22.7. The number of hydrogen-bond donors (Lipinski definition) is 0. The lowest BCUT2D eigenvalue weighted by Crippen LogP contribution is -2.73. The van der Waals surface area contributed by atoms with Gasteiger partial charge >= 0.3 is 17.9 Å². The van der Waals surface area contributed by atoms with Gasteiger partial charge in [-0.05, 0) is 72.6 Å². The number of benzene rings is 3. The number of carbonyl (C=O) groups excluding carboxylic acids is 3. The summed E-state index contributed by atoms with van der Waals surface area (Å²) >= 11 is 0. The molecule has 12 atom stereocenters. The van der Waals surface area contributed by atoms with Crippen molar-refractivity contribution >= 4 is 29.3 Å². The number of non-ortho nitro benzene ring substituents is 2. The Bertz CT molecular complexity index is 2190. The monoisotopic (exact) mass is 731 g/mol. The van der Waals surface area contributed by atoms with E-state index in [1.54, 1.807) is 24.3 Å². The summed E-state index contributed by atoms with van der Waals surface area (Å²) in [4.78, 5) is 66.2. The van der Waals surface area contributed by atoms with E-state index in [0.717, 1.165) is 25.8 Å². The number of nitro benzene ring substituents is 2. The maximum absolute atomic E-state index is 14.2. The van der Waals surface area contributed by atoms with Gasteiger partial charge in [-0.3, -0.25) is 25.1 Å². The first-order valence-electron chi connectivity index (χ1n) is 18.5. The number of ether oxygens (including phenoxy) is 3. The first-order valence-corrected chi connectivity index (χ1v) is 18.5. The number of esters is 3. The molecule has 2 spiro atoms. The highest BCUT2D eigenvalue weighted by Crippen LogP contribution is 2.90. The van der Waals surface area contributed by atoms with Crippen LogP contribution in [0.2, 0.25) is 0 Å². The molecule has 0 aromatic heterocycles. The highest BCUT2D eigenvalue weighted by atomic mass is 16.6. The number of nitrogens with zero attached hydrogens (tertiary/aromatic N) is 3. The quantitative estimate of drug-likeness (QED) is 0.0813. The van der Waals surface area contributed by atoms with Gasteiger partial charge in [-0.25, -0.2) is 14.4 Å². The van der Waals surface area contributed by atoms with E-state index in [0.29, 0.717) is 24.0 Å². The molecule has 3 heterocycles. The average Bonchev–Trinajstić information content (AvgIpc) is 3.55. The number of hydrogen-bond acceptors (Lipinski definition) is 11.